The van der Waals surface area contributed by atoms with E-state index in [0.717, 1.165) is 6.07 Å². The van der Waals surface area contributed by atoms with Crippen molar-refractivity contribution in [2.75, 3.05) is 20.8 Å². The van der Waals surface area contributed by atoms with Crippen LogP contribution < -0.4 is 14.2 Å². The van der Waals surface area contributed by atoms with E-state index in [9.17, 15) is 20.4 Å². The molecule has 0 saturated heterocycles. The fourth-order valence-corrected chi connectivity index (χ4v) is 3.37. The second-order valence-electron chi connectivity index (χ2n) is 7.35. The van der Waals surface area contributed by atoms with E-state index >= 15 is 0 Å². The van der Waals surface area contributed by atoms with Gasteiger partial charge in [-0.3, -0.25) is 4.99 Å². The highest BCUT2D eigenvalue weighted by molar-refractivity contribution is 5.84. The Morgan fingerprint density at radius 2 is 1.91 bits per heavy atom. The standard InChI is InChI=1S/C24H27NO8/c1-5-16(30-3)11-25-13(2)12-32-19-8-14(6-7-18(19)31-4)24-23(29)22(28)21-17(27)9-15(26)10-20(21)33-24/h5-11,22-24,26-29H,1,12H2,2-4H3/b16-11+,25-13+. The summed E-state index contributed by atoms with van der Waals surface area (Å²) >= 11 is 0. The summed E-state index contributed by atoms with van der Waals surface area (Å²) in [6.07, 6.45) is -0.738. The van der Waals surface area contributed by atoms with Gasteiger partial charge in [0.1, 0.15) is 41.8 Å². The van der Waals surface area contributed by atoms with Crippen molar-refractivity contribution in [1.29, 1.82) is 0 Å². The van der Waals surface area contributed by atoms with Crippen LogP contribution in [0.2, 0.25) is 0 Å². The Labute approximate surface area is 191 Å². The summed E-state index contributed by atoms with van der Waals surface area (Å²) in [5.41, 5.74) is 1.16. The minimum Gasteiger partial charge on any atom is -0.508 e. The summed E-state index contributed by atoms with van der Waals surface area (Å²) in [5, 5.41) is 41.1. The lowest BCUT2D eigenvalue weighted by molar-refractivity contribution is -0.0711. The number of rotatable bonds is 8. The molecule has 33 heavy (non-hydrogen) atoms. The molecule has 0 fully saturated rings. The molecule has 0 aromatic heterocycles. The second-order valence-corrected chi connectivity index (χ2v) is 7.35. The Morgan fingerprint density at radius 1 is 1.15 bits per heavy atom. The highest BCUT2D eigenvalue weighted by Crippen LogP contribution is 2.47. The van der Waals surface area contributed by atoms with Crippen LogP contribution in [0.1, 0.15) is 30.3 Å². The van der Waals surface area contributed by atoms with E-state index < -0.39 is 18.3 Å². The quantitative estimate of drug-likeness (QED) is 0.270. The molecule has 176 valence electrons. The van der Waals surface area contributed by atoms with Crippen LogP contribution in [0, 0.1) is 0 Å². The zero-order chi connectivity index (χ0) is 24.1. The van der Waals surface area contributed by atoms with Gasteiger partial charge in [-0.2, -0.15) is 0 Å². The lowest BCUT2D eigenvalue weighted by Crippen LogP contribution is -2.34. The lowest BCUT2D eigenvalue weighted by Gasteiger charge is -2.35. The van der Waals surface area contributed by atoms with Gasteiger partial charge in [0.15, 0.2) is 17.6 Å². The van der Waals surface area contributed by atoms with Gasteiger partial charge in [0.2, 0.25) is 0 Å². The number of benzene rings is 2. The van der Waals surface area contributed by atoms with Crippen molar-refractivity contribution in [3.63, 3.8) is 0 Å². The second kappa shape index (κ2) is 10.3. The number of aliphatic hydroxyl groups excluding tert-OH is 2. The number of hydrogen-bond donors (Lipinski definition) is 4. The van der Waals surface area contributed by atoms with Gasteiger partial charge in [0.25, 0.3) is 0 Å². The first-order valence-electron chi connectivity index (χ1n) is 10.1. The minimum atomic E-state index is -1.42. The van der Waals surface area contributed by atoms with Crippen LogP contribution in [-0.4, -0.2) is 53.1 Å². The van der Waals surface area contributed by atoms with Crippen molar-refractivity contribution in [3.8, 4) is 28.7 Å². The van der Waals surface area contributed by atoms with Crippen LogP contribution in [0.25, 0.3) is 0 Å². The maximum atomic E-state index is 10.7. The Bertz CT molecular complexity index is 1080. The van der Waals surface area contributed by atoms with E-state index in [1.807, 2.05) is 0 Å². The van der Waals surface area contributed by atoms with Crippen molar-refractivity contribution in [1.82, 2.24) is 0 Å². The monoisotopic (exact) mass is 457 g/mol. The maximum Gasteiger partial charge on any atom is 0.162 e. The van der Waals surface area contributed by atoms with E-state index in [2.05, 4.69) is 11.6 Å². The number of allylic oxidation sites excluding steroid dienone is 1. The number of aliphatic imine (C=N–C) groups is 1. The van der Waals surface area contributed by atoms with Gasteiger partial charge in [-0.05, 0) is 30.7 Å². The first-order chi connectivity index (χ1) is 15.8. The molecule has 0 radical (unpaired) electrons. The Kier molecular flexibility index (Phi) is 7.47. The van der Waals surface area contributed by atoms with Crippen LogP contribution in [-0.2, 0) is 4.74 Å². The molecule has 0 amide bonds. The van der Waals surface area contributed by atoms with Crippen LogP contribution in [0.3, 0.4) is 0 Å². The molecular formula is C24H27NO8. The van der Waals surface area contributed by atoms with Crippen LogP contribution in [0.15, 0.2) is 59.9 Å². The molecule has 0 bridgehead atoms. The van der Waals surface area contributed by atoms with Gasteiger partial charge < -0.3 is 39.4 Å². The molecule has 3 atom stereocenters. The van der Waals surface area contributed by atoms with Crippen molar-refractivity contribution in [3.05, 3.63) is 66.1 Å². The van der Waals surface area contributed by atoms with Crippen molar-refractivity contribution in [2.45, 2.75) is 25.2 Å². The number of fused-ring (bicyclic) bond motifs is 1. The molecule has 3 rings (SSSR count). The molecule has 1 aliphatic rings. The van der Waals surface area contributed by atoms with Crippen molar-refractivity contribution in [2.24, 2.45) is 4.99 Å². The predicted molar refractivity (Wildman–Crippen MR) is 121 cm³/mol. The van der Waals surface area contributed by atoms with E-state index in [0.29, 0.717) is 28.5 Å². The predicted octanol–water partition coefficient (Wildman–Crippen LogP) is 3.15. The number of phenols is 2. The fraction of sp³-hybridized carbons (Fsp3) is 0.292. The first-order valence-corrected chi connectivity index (χ1v) is 10.1. The zero-order valence-corrected chi connectivity index (χ0v) is 18.6. The lowest BCUT2D eigenvalue weighted by atomic mass is 9.91. The highest BCUT2D eigenvalue weighted by atomic mass is 16.5. The average molecular weight is 457 g/mol. The molecule has 4 N–H and O–H groups in total. The van der Waals surface area contributed by atoms with Gasteiger partial charge in [-0.1, -0.05) is 12.6 Å². The number of methoxy groups -OCH3 is 2. The SMILES string of the molecule is C=C/C(=C\N=C(/C)COc1cc(C2Oc3cc(O)cc(O)c3C(O)C2O)ccc1OC)OC. The minimum absolute atomic E-state index is 0.0105. The molecular weight excluding hydrogens is 430 g/mol. The first kappa shape index (κ1) is 24.0. The Balaban J connectivity index is 1.86. The molecule has 1 heterocycles. The average Bonchev–Trinajstić information content (AvgIpc) is 2.80. The van der Waals surface area contributed by atoms with Crippen molar-refractivity contribution < 1.29 is 39.4 Å². The summed E-state index contributed by atoms with van der Waals surface area (Å²) in [6, 6.07) is 7.28. The molecule has 9 nitrogen and oxygen atoms in total. The van der Waals surface area contributed by atoms with Gasteiger partial charge >= 0.3 is 0 Å². The maximum absolute atomic E-state index is 10.7. The molecule has 0 spiro atoms. The Morgan fingerprint density at radius 3 is 2.58 bits per heavy atom. The molecule has 1 aliphatic heterocycles. The van der Waals surface area contributed by atoms with Crippen LogP contribution in [0.5, 0.6) is 28.7 Å². The van der Waals surface area contributed by atoms with E-state index in [4.69, 9.17) is 18.9 Å². The van der Waals surface area contributed by atoms with Gasteiger partial charge in [-0.25, -0.2) is 0 Å². The third-order valence-electron chi connectivity index (χ3n) is 5.09. The van der Waals surface area contributed by atoms with Crippen LogP contribution >= 0.6 is 0 Å². The number of aromatic hydroxyl groups is 2. The number of phenolic OH excluding ortho intramolecular Hbond substituents is 2. The van der Waals surface area contributed by atoms with E-state index in [1.54, 1.807) is 25.1 Å². The number of ether oxygens (including phenoxy) is 4. The number of nitrogens with zero attached hydrogens (tertiary/aromatic N) is 1. The summed E-state index contributed by atoms with van der Waals surface area (Å²) in [4.78, 5) is 4.26. The summed E-state index contributed by atoms with van der Waals surface area (Å²) in [5.74, 6) is 0.800. The molecule has 0 aliphatic carbocycles. The Hall–Kier alpha value is -3.69. The highest BCUT2D eigenvalue weighted by Gasteiger charge is 2.39. The molecule has 9 heteroatoms. The zero-order valence-electron chi connectivity index (χ0n) is 18.6. The summed E-state index contributed by atoms with van der Waals surface area (Å²) in [6.45, 7) is 5.55. The third-order valence-corrected chi connectivity index (χ3v) is 5.09. The van der Waals surface area contributed by atoms with Gasteiger partial charge in [0.05, 0.1) is 31.7 Å². The van der Waals surface area contributed by atoms with Gasteiger partial charge in [-0.15, -0.1) is 0 Å². The van der Waals surface area contributed by atoms with Crippen LogP contribution in [0.4, 0.5) is 0 Å². The van der Waals surface area contributed by atoms with E-state index in [1.165, 1.54) is 32.6 Å². The summed E-state index contributed by atoms with van der Waals surface area (Å²) < 4.78 is 22.1. The molecule has 2 aromatic carbocycles. The number of hydrogen-bond acceptors (Lipinski definition) is 9. The van der Waals surface area contributed by atoms with Crippen molar-refractivity contribution >= 4 is 5.71 Å². The largest absolute Gasteiger partial charge is 0.508 e. The molecule has 2 aromatic rings. The molecule has 0 saturated carbocycles. The number of aliphatic hydroxyl groups is 2. The molecule has 3 unspecified atom stereocenters. The summed E-state index contributed by atoms with van der Waals surface area (Å²) in [7, 11) is 3.02. The normalized spacial score (nSPS) is 20.5. The fourth-order valence-electron chi connectivity index (χ4n) is 3.37. The van der Waals surface area contributed by atoms with E-state index in [-0.39, 0.29) is 29.4 Å². The van der Waals surface area contributed by atoms with Gasteiger partial charge in [0, 0.05) is 12.1 Å². The third kappa shape index (κ3) is 5.21. The topological polar surface area (TPSA) is 130 Å². The smallest absolute Gasteiger partial charge is 0.162 e.